The predicted octanol–water partition coefficient (Wildman–Crippen LogP) is 4.15. The molecule has 0 radical (unpaired) electrons. The lowest BCUT2D eigenvalue weighted by Gasteiger charge is -2.30. The molecule has 0 saturated carbocycles. The fraction of sp³-hybridized carbons (Fsp3) is 0.394. The highest BCUT2D eigenvalue weighted by Gasteiger charge is 2.24. The number of hydrogen-bond donors (Lipinski definition) is 4. The van der Waals surface area contributed by atoms with E-state index in [1.165, 1.54) is 0 Å². The van der Waals surface area contributed by atoms with E-state index in [1.807, 2.05) is 78.9 Å². The van der Waals surface area contributed by atoms with Crippen LogP contribution in [0.1, 0.15) is 24.0 Å². The molecule has 0 spiro atoms. The minimum absolute atomic E-state index is 0.0267. The van der Waals surface area contributed by atoms with E-state index in [9.17, 15) is 9.59 Å². The molecule has 2 amide bonds. The van der Waals surface area contributed by atoms with Crippen LogP contribution in [-0.4, -0.2) is 69.2 Å². The number of morpholine rings is 1. The van der Waals surface area contributed by atoms with Crippen LogP contribution in [0.15, 0.2) is 84.9 Å². The van der Waals surface area contributed by atoms with E-state index in [0.29, 0.717) is 39.3 Å². The van der Waals surface area contributed by atoms with Crippen LogP contribution in [0.25, 0.3) is 0 Å². The Bertz CT molecular complexity index is 1220. The minimum atomic E-state index is -0.442. The van der Waals surface area contributed by atoms with Gasteiger partial charge >= 0.3 is 6.09 Å². The van der Waals surface area contributed by atoms with Crippen molar-refractivity contribution in [2.75, 3.05) is 43.5 Å². The molecule has 4 N–H and O–H groups in total. The second-order valence-electron chi connectivity index (χ2n) is 10.8. The number of aryl methyl sites for hydroxylation is 1. The van der Waals surface area contributed by atoms with Gasteiger partial charge in [0.25, 0.3) is 0 Å². The molecule has 2 saturated heterocycles. The molecule has 2 heterocycles. The fourth-order valence-corrected chi connectivity index (χ4v) is 5.18. The highest BCUT2D eigenvalue weighted by atomic mass is 16.6. The second-order valence-corrected chi connectivity index (χ2v) is 10.8. The van der Waals surface area contributed by atoms with Gasteiger partial charge in [-0.05, 0) is 42.2 Å². The lowest BCUT2D eigenvalue weighted by Crippen LogP contribution is -2.51. The van der Waals surface area contributed by atoms with Gasteiger partial charge in [-0.2, -0.15) is 0 Å². The molecule has 222 valence electrons. The number of anilines is 2. The molecule has 9 heteroatoms. The van der Waals surface area contributed by atoms with Gasteiger partial charge in [0.2, 0.25) is 5.91 Å². The summed E-state index contributed by atoms with van der Waals surface area (Å²) in [5.74, 6) is -0.0833. The zero-order valence-electron chi connectivity index (χ0n) is 23.8. The summed E-state index contributed by atoms with van der Waals surface area (Å²) in [5.41, 5.74) is 3.87. The van der Waals surface area contributed by atoms with E-state index >= 15 is 0 Å². The van der Waals surface area contributed by atoms with Crippen molar-refractivity contribution in [2.24, 2.45) is 0 Å². The first-order valence-electron chi connectivity index (χ1n) is 14.7. The largest absolute Gasteiger partial charge is 0.444 e. The lowest BCUT2D eigenvalue weighted by molar-refractivity contribution is -0.116. The number of benzene rings is 3. The van der Waals surface area contributed by atoms with Gasteiger partial charge in [-0.25, -0.2) is 4.79 Å². The van der Waals surface area contributed by atoms with Crippen molar-refractivity contribution in [1.29, 1.82) is 0 Å². The minimum Gasteiger partial charge on any atom is -0.444 e. The molecular formula is C33H40N4O5. The average molecular weight is 573 g/mol. The van der Waals surface area contributed by atoms with Crippen LogP contribution in [0.3, 0.4) is 0 Å². The zero-order chi connectivity index (χ0) is 29.0. The van der Waals surface area contributed by atoms with Crippen molar-refractivity contribution >= 4 is 23.4 Å². The third-order valence-electron chi connectivity index (χ3n) is 7.55. The standard InChI is InChI=1S/C33H40N4O5/c38-32(31(19-24-9-3-1-4-10-24)36-26-12-5-2-6-13-26)37-30-14-8-7-11-25(30)15-16-28-21-34-27(22-41-28)20-35-33(39)42-29-17-18-40-23-29/h1-14,27-29,31,34,36H,15-23H2,(H,35,39)(H,37,38)/t27-,28-,29?,31+/m1/s1. The van der Waals surface area contributed by atoms with Gasteiger partial charge in [-0.15, -0.1) is 0 Å². The van der Waals surface area contributed by atoms with Crippen molar-refractivity contribution in [3.8, 4) is 0 Å². The molecule has 4 atom stereocenters. The number of rotatable bonds is 12. The summed E-state index contributed by atoms with van der Waals surface area (Å²) in [6.45, 7) is 2.73. The Morgan fingerprint density at radius 1 is 0.952 bits per heavy atom. The molecule has 42 heavy (non-hydrogen) atoms. The van der Waals surface area contributed by atoms with E-state index in [-0.39, 0.29) is 24.2 Å². The summed E-state index contributed by atoms with van der Waals surface area (Å²) < 4.78 is 16.7. The molecule has 2 aliphatic rings. The van der Waals surface area contributed by atoms with Gasteiger partial charge in [-0.3, -0.25) is 4.79 Å². The molecular weight excluding hydrogens is 532 g/mol. The molecule has 0 aliphatic carbocycles. The highest BCUT2D eigenvalue weighted by Crippen LogP contribution is 2.21. The molecule has 2 aliphatic heterocycles. The normalized spacial score (nSPS) is 20.8. The van der Waals surface area contributed by atoms with E-state index < -0.39 is 12.1 Å². The van der Waals surface area contributed by atoms with Gasteiger partial charge < -0.3 is 35.5 Å². The zero-order valence-corrected chi connectivity index (χ0v) is 23.8. The van der Waals surface area contributed by atoms with E-state index in [1.54, 1.807) is 0 Å². The summed E-state index contributed by atoms with van der Waals surface area (Å²) in [7, 11) is 0. The van der Waals surface area contributed by atoms with Crippen LogP contribution in [0.2, 0.25) is 0 Å². The number of hydrogen-bond acceptors (Lipinski definition) is 7. The number of ether oxygens (including phenoxy) is 3. The third kappa shape index (κ3) is 9.04. The number of para-hydroxylation sites is 2. The molecule has 3 aromatic rings. The van der Waals surface area contributed by atoms with Gasteiger partial charge in [0, 0.05) is 43.3 Å². The van der Waals surface area contributed by atoms with Crippen molar-refractivity contribution < 1.29 is 23.8 Å². The Balaban J connectivity index is 1.11. The van der Waals surface area contributed by atoms with E-state index in [2.05, 4.69) is 27.3 Å². The Morgan fingerprint density at radius 3 is 2.45 bits per heavy atom. The third-order valence-corrected chi connectivity index (χ3v) is 7.55. The maximum atomic E-state index is 13.6. The van der Waals surface area contributed by atoms with Crippen LogP contribution in [0, 0.1) is 0 Å². The average Bonchev–Trinajstić information content (AvgIpc) is 3.54. The molecule has 9 nitrogen and oxygen atoms in total. The fourth-order valence-electron chi connectivity index (χ4n) is 5.18. The van der Waals surface area contributed by atoms with Crippen LogP contribution in [0.4, 0.5) is 16.2 Å². The summed E-state index contributed by atoms with van der Waals surface area (Å²) in [5, 5.41) is 12.9. The van der Waals surface area contributed by atoms with Crippen LogP contribution >= 0.6 is 0 Å². The van der Waals surface area contributed by atoms with Gasteiger partial charge in [0.15, 0.2) is 0 Å². The number of carbonyl (C=O) groups is 2. The van der Waals surface area contributed by atoms with Crippen molar-refractivity contribution in [3.63, 3.8) is 0 Å². The van der Waals surface area contributed by atoms with Gasteiger partial charge in [-0.1, -0.05) is 66.7 Å². The summed E-state index contributed by atoms with van der Waals surface area (Å²) in [6.07, 6.45) is 2.33. The Hall–Kier alpha value is -3.92. The van der Waals surface area contributed by atoms with Crippen molar-refractivity contribution in [3.05, 3.63) is 96.1 Å². The van der Waals surface area contributed by atoms with E-state index in [0.717, 1.165) is 41.8 Å². The van der Waals surface area contributed by atoms with Crippen LogP contribution < -0.4 is 21.3 Å². The molecule has 0 bridgehead atoms. The topological polar surface area (TPSA) is 110 Å². The SMILES string of the molecule is O=C(NC[C@@H]1CO[C@H](CCc2ccccc2NC(=O)[C@H](Cc2ccccc2)Nc2ccccc2)CN1)OC1CCOC1. The highest BCUT2D eigenvalue weighted by molar-refractivity contribution is 5.97. The number of amides is 2. The van der Waals surface area contributed by atoms with Crippen molar-refractivity contribution in [1.82, 2.24) is 10.6 Å². The Morgan fingerprint density at radius 2 is 1.71 bits per heavy atom. The summed E-state index contributed by atoms with van der Waals surface area (Å²) in [4.78, 5) is 25.6. The molecule has 2 fully saturated rings. The van der Waals surface area contributed by atoms with Crippen LogP contribution in [0.5, 0.6) is 0 Å². The molecule has 5 rings (SSSR count). The summed E-state index contributed by atoms with van der Waals surface area (Å²) in [6, 6.07) is 27.4. The first kappa shape index (κ1) is 29.6. The second kappa shape index (κ2) is 15.3. The van der Waals surface area contributed by atoms with Gasteiger partial charge in [0.05, 0.1) is 25.9 Å². The quantitative estimate of drug-likeness (QED) is 0.258. The monoisotopic (exact) mass is 572 g/mol. The Labute approximate surface area is 247 Å². The number of nitrogens with one attached hydrogen (secondary N) is 4. The lowest BCUT2D eigenvalue weighted by atomic mass is 10.0. The van der Waals surface area contributed by atoms with E-state index in [4.69, 9.17) is 14.2 Å². The number of carbonyl (C=O) groups excluding carboxylic acids is 2. The number of alkyl carbamates (subject to hydrolysis) is 1. The van der Waals surface area contributed by atoms with Crippen molar-refractivity contribution in [2.45, 2.75) is 50.0 Å². The molecule has 3 aromatic carbocycles. The first-order valence-corrected chi connectivity index (χ1v) is 14.7. The first-order chi connectivity index (χ1) is 20.6. The maximum absolute atomic E-state index is 13.6. The maximum Gasteiger partial charge on any atom is 0.407 e. The Kier molecular flexibility index (Phi) is 10.8. The smallest absolute Gasteiger partial charge is 0.407 e. The molecule has 0 aromatic heterocycles. The molecule has 1 unspecified atom stereocenters. The van der Waals surface area contributed by atoms with Gasteiger partial charge in [0.1, 0.15) is 12.1 Å². The summed E-state index contributed by atoms with van der Waals surface area (Å²) >= 11 is 0. The predicted molar refractivity (Wildman–Crippen MR) is 163 cm³/mol. The van der Waals surface area contributed by atoms with Crippen LogP contribution in [-0.2, 0) is 31.8 Å².